The molecule has 2 aromatic heterocycles. The Kier molecular flexibility index (Phi) is 3.71. The molecule has 0 aliphatic carbocycles. The van der Waals surface area contributed by atoms with Crippen molar-refractivity contribution >= 4 is 17.4 Å². The lowest BCUT2D eigenvalue weighted by molar-refractivity contribution is 0.887. The number of hydrogen-bond acceptors (Lipinski definition) is 4. The highest BCUT2D eigenvalue weighted by molar-refractivity contribution is 7.99. The van der Waals surface area contributed by atoms with Crippen molar-refractivity contribution in [3.8, 4) is 0 Å². The second-order valence-corrected chi connectivity index (χ2v) is 5.83. The summed E-state index contributed by atoms with van der Waals surface area (Å²) in [5, 5.41) is 9.47. The second kappa shape index (κ2) is 5.64. The predicted molar refractivity (Wildman–Crippen MR) is 81.8 cm³/mol. The maximum atomic E-state index is 5.93. The molecule has 1 atom stereocenters. The standard InChI is InChI=1S/C15H16N4S/c1-11-5-7-12(8-6-11)13(10-16)20-15-18-17-14-4-2-3-9-19(14)15/h2-9,13H,10,16H2,1H3. The summed E-state index contributed by atoms with van der Waals surface area (Å²) >= 11 is 1.65. The first kappa shape index (κ1) is 13.1. The minimum atomic E-state index is 0.184. The number of fused-ring (bicyclic) bond motifs is 1. The molecule has 0 aliphatic rings. The van der Waals surface area contributed by atoms with Crippen molar-refractivity contribution in [3.05, 3.63) is 59.8 Å². The molecule has 2 heterocycles. The molecule has 0 aliphatic heterocycles. The van der Waals surface area contributed by atoms with Gasteiger partial charge in [0, 0.05) is 18.0 Å². The van der Waals surface area contributed by atoms with E-state index in [-0.39, 0.29) is 5.25 Å². The van der Waals surface area contributed by atoms with E-state index in [1.165, 1.54) is 11.1 Å². The van der Waals surface area contributed by atoms with Crippen molar-refractivity contribution in [3.63, 3.8) is 0 Å². The van der Waals surface area contributed by atoms with Gasteiger partial charge in [-0.3, -0.25) is 4.40 Å². The Labute approximate surface area is 122 Å². The fourth-order valence-corrected chi connectivity index (χ4v) is 3.06. The van der Waals surface area contributed by atoms with Gasteiger partial charge in [0.25, 0.3) is 0 Å². The molecule has 5 heteroatoms. The number of benzene rings is 1. The van der Waals surface area contributed by atoms with Gasteiger partial charge >= 0.3 is 0 Å². The van der Waals surface area contributed by atoms with Crippen LogP contribution >= 0.6 is 11.8 Å². The van der Waals surface area contributed by atoms with Crippen LogP contribution < -0.4 is 5.73 Å². The normalized spacial score (nSPS) is 12.7. The minimum Gasteiger partial charge on any atom is -0.329 e. The lowest BCUT2D eigenvalue weighted by Gasteiger charge is -2.13. The smallest absolute Gasteiger partial charge is 0.196 e. The zero-order chi connectivity index (χ0) is 13.9. The SMILES string of the molecule is Cc1ccc(C(CN)Sc2nnc3ccccn23)cc1. The van der Waals surface area contributed by atoms with Gasteiger partial charge in [-0.2, -0.15) is 0 Å². The van der Waals surface area contributed by atoms with Crippen molar-refractivity contribution in [2.75, 3.05) is 6.54 Å². The first-order valence-electron chi connectivity index (χ1n) is 6.51. The molecular formula is C15H16N4S. The van der Waals surface area contributed by atoms with Crippen molar-refractivity contribution in [1.82, 2.24) is 14.6 Å². The van der Waals surface area contributed by atoms with Crippen LogP contribution in [-0.4, -0.2) is 21.1 Å². The number of aromatic nitrogens is 3. The van der Waals surface area contributed by atoms with Crippen LogP contribution in [0.3, 0.4) is 0 Å². The van der Waals surface area contributed by atoms with Crippen LogP contribution in [-0.2, 0) is 0 Å². The van der Waals surface area contributed by atoms with Gasteiger partial charge in [-0.15, -0.1) is 10.2 Å². The lowest BCUT2D eigenvalue weighted by atomic mass is 10.1. The summed E-state index contributed by atoms with van der Waals surface area (Å²) < 4.78 is 1.99. The highest BCUT2D eigenvalue weighted by atomic mass is 32.2. The average Bonchev–Trinajstić information content (AvgIpc) is 2.89. The number of pyridine rings is 1. The summed E-state index contributed by atoms with van der Waals surface area (Å²) in [6.07, 6.45) is 1.97. The van der Waals surface area contributed by atoms with E-state index in [0.29, 0.717) is 6.54 Å². The first-order chi connectivity index (χ1) is 9.78. The Morgan fingerprint density at radius 2 is 1.95 bits per heavy atom. The quantitative estimate of drug-likeness (QED) is 0.748. The number of rotatable bonds is 4. The number of nitrogens with two attached hydrogens (primary N) is 1. The molecule has 4 nitrogen and oxygen atoms in total. The van der Waals surface area contributed by atoms with E-state index in [2.05, 4.69) is 41.4 Å². The summed E-state index contributed by atoms with van der Waals surface area (Å²) in [5.41, 5.74) is 9.25. The molecule has 0 fully saturated rings. The Hall–Kier alpha value is -1.85. The van der Waals surface area contributed by atoms with E-state index >= 15 is 0 Å². The number of aryl methyl sites for hydroxylation is 1. The maximum absolute atomic E-state index is 5.93. The summed E-state index contributed by atoms with van der Waals surface area (Å²) in [6, 6.07) is 14.4. The third-order valence-electron chi connectivity index (χ3n) is 3.19. The molecule has 0 saturated carbocycles. The molecule has 1 unspecified atom stereocenters. The van der Waals surface area contributed by atoms with Crippen LogP contribution in [0.25, 0.3) is 5.65 Å². The zero-order valence-electron chi connectivity index (χ0n) is 11.2. The fourth-order valence-electron chi connectivity index (χ4n) is 2.06. The minimum absolute atomic E-state index is 0.184. The number of hydrogen-bond donors (Lipinski definition) is 1. The molecule has 1 aromatic carbocycles. The van der Waals surface area contributed by atoms with Gasteiger partial charge < -0.3 is 5.73 Å². The Bertz CT molecular complexity index is 705. The van der Waals surface area contributed by atoms with E-state index in [4.69, 9.17) is 5.73 Å². The molecule has 0 spiro atoms. The lowest BCUT2D eigenvalue weighted by Crippen LogP contribution is -2.10. The highest BCUT2D eigenvalue weighted by Crippen LogP contribution is 2.33. The van der Waals surface area contributed by atoms with Crippen LogP contribution in [0, 0.1) is 6.92 Å². The second-order valence-electron chi connectivity index (χ2n) is 4.66. The third kappa shape index (κ3) is 2.55. The molecule has 3 rings (SSSR count). The van der Waals surface area contributed by atoms with Gasteiger partial charge in [-0.05, 0) is 24.6 Å². The number of thioether (sulfide) groups is 1. The van der Waals surface area contributed by atoms with Crippen LogP contribution in [0.2, 0.25) is 0 Å². The molecule has 3 aromatic rings. The van der Waals surface area contributed by atoms with E-state index < -0.39 is 0 Å². The fraction of sp³-hybridized carbons (Fsp3) is 0.200. The van der Waals surface area contributed by atoms with Gasteiger partial charge in [-0.25, -0.2) is 0 Å². The predicted octanol–water partition coefficient (Wildman–Crippen LogP) is 2.83. The van der Waals surface area contributed by atoms with Gasteiger partial charge in [0.15, 0.2) is 10.8 Å². The van der Waals surface area contributed by atoms with Crippen LogP contribution in [0.15, 0.2) is 53.8 Å². The Morgan fingerprint density at radius 1 is 1.15 bits per heavy atom. The Morgan fingerprint density at radius 3 is 2.70 bits per heavy atom. The molecule has 0 saturated heterocycles. The molecule has 20 heavy (non-hydrogen) atoms. The highest BCUT2D eigenvalue weighted by Gasteiger charge is 2.15. The van der Waals surface area contributed by atoms with E-state index in [1.54, 1.807) is 11.8 Å². The Balaban J connectivity index is 1.89. The average molecular weight is 284 g/mol. The monoisotopic (exact) mass is 284 g/mol. The molecule has 0 amide bonds. The van der Waals surface area contributed by atoms with Gasteiger partial charge in [0.2, 0.25) is 0 Å². The van der Waals surface area contributed by atoms with Gasteiger partial charge in [0.1, 0.15) is 0 Å². The topological polar surface area (TPSA) is 56.2 Å². The van der Waals surface area contributed by atoms with Crippen molar-refractivity contribution in [1.29, 1.82) is 0 Å². The van der Waals surface area contributed by atoms with Crippen LogP contribution in [0.4, 0.5) is 0 Å². The zero-order valence-corrected chi connectivity index (χ0v) is 12.0. The van der Waals surface area contributed by atoms with E-state index in [9.17, 15) is 0 Å². The summed E-state index contributed by atoms with van der Waals surface area (Å²) in [6.45, 7) is 2.65. The first-order valence-corrected chi connectivity index (χ1v) is 7.39. The van der Waals surface area contributed by atoms with E-state index in [0.717, 1.165) is 10.8 Å². The summed E-state index contributed by atoms with van der Waals surface area (Å²) in [4.78, 5) is 0. The summed E-state index contributed by atoms with van der Waals surface area (Å²) in [5.74, 6) is 0. The largest absolute Gasteiger partial charge is 0.329 e. The van der Waals surface area contributed by atoms with Crippen molar-refractivity contribution in [2.24, 2.45) is 5.73 Å². The van der Waals surface area contributed by atoms with E-state index in [1.807, 2.05) is 28.8 Å². The molecule has 102 valence electrons. The molecular weight excluding hydrogens is 268 g/mol. The molecule has 0 bridgehead atoms. The van der Waals surface area contributed by atoms with Crippen molar-refractivity contribution in [2.45, 2.75) is 17.3 Å². The third-order valence-corrected chi connectivity index (χ3v) is 4.43. The van der Waals surface area contributed by atoms with Gasteiger partial charge in [-0.1, -0.05) is 47.7 Å². The van der Waals surface area contributed by atoms with Crippen LogP contribution in [0.5, 0.6) is 0 Å². The maximum Gasteiger partial charge on any atom is 0.196 e. The molecule has 0 radical (unpaired) electrons. The van der Waals surface area contributed by atoms with Gasteiger partial charge in [0.05, 0.1) is 0 Å². The molecule has 2 N–H and O–H groups in total. The van der Waals surface area contributed by atoms with Crippen molar-refractivity contribution < 1.29 is 0 Å². The number of nitrogens with zero attached hydrogens (tertiary/aromatic N) is 3. The summed E-state index contributed by atoms with van der Waals surface area (Å²) in [7, 11) is 0. The van der Waals surface area contributed by atoms with Crippen LogP contribution in [0.1, 0.15) is 16.4 Å².